The van der Waals surface area contributed by atoms with E-state index < -0.39 is 4.92 Å². The summed E-state index contributed by atoms with van der Waals surface area (Å²) in [6, 6.07) is 12.7. The highest BCUT2D eigenvalue weighted by atomic mass is 32.1. The highest BCUT2D eigenvalue weighted by Crippen LogP contribution is 2.29. The molecule has 3 rings (SSSR count). The molecular formula is C16H14N4O2S2. The van der Waals surface area contributed by atoms with Crippen LogP contribution in [0.3, 0.4) is 0 Å². The Morgan fingerprint density at radius 1 is 1.33 bits per heavy atom. The van der Waals surface area contributed by atoms with Gasteiger partial charge < -0.3 is 10.6 Å². The first-order valence-corrected chi connectivity index (χ1v) is 8.40. The van der Waals surface area contributed by atoms with Crippen LogP contribution in [0.25, 0.3) is 10.2 Å². The fraction of sp³-hybridized carbons (Fsp3) is 0.125. The van der Waals surface area contributed by atoms with Crippen molar-refractivity contribution >= 4 is 49.7 Å². The summed E-state index contributed by atoms with van der Waals surface area (Å²) >= 11 is 6.61. The molecule has 0 saturated carbocycles. The number of rotatable bonds is 4. The summed E-state index contributed by atoms with van der Waals surface area (Å²) in [7, 11) is 0. The largest absolute Gasteiger partial charge is 0.358 e. The molecule has 3 aromatic rings. The normalized spacial score (nSPS) is 10.5. The summed E-state index contributed by atoms with van der Waals surface area (Å²) in [5, 5.41) is 18.1. The molecular weight excluding hydrogens is 344 g/mol. The van der Waals surface area contributed by atoms with Crippen molar-refractivity contribution < 1.29 is 4.92 Å². The van der Waals surface area contributed by atoms with Gasteiger partial charge in [0.05, 0.1) is 15.1 Å². The minimum atomic E-state index is -0.416. The maximum atomic E-state index is 10.8. The van der Waals surface area contributed by atoms with Crippen molar-refractivity contribution in [3.63, 3.8) is 0 Å². The number of nitrogens with zero attached hydrogens (tertiary/aromatic N) is 2. The summed E-state index contributed by atoms with van der Waals surface area (Å²) < 4.78 is 0.744. The Balaban J connectivity index is 1.67. The Morgan fingerprint density at radius 3 is 2.88 bits per heavy atom. The van der Waals surface area contributed by atoms with Gasteiger partial charge in [-0.3, -0.25) is 10.1 Å². The van der Waals surface area contributed by atoms with Gasteiger partial charge in [-0.15, -0.1) is 0 Å². The van der Waals surface area contributed by atoms with E-state index in [1.165, 1.54) is 34.6 Å². The second kappa shape index (κ2) is 6.90. The number of thiazole rings is 1. The summed E-state index contributed by atoms with van der Waals surface area (Å²) in [6.45, 7) is 2.67. The Kier molecular flexibility index (Phi) is 4.68. The number of benzene rings is 2. The molecule has 0 unspecified atom stereocenters. The monoisotopic (exact) mass is 358 g/mol. The van der Waals surface area contributed by atoms with Gasteiger partial charge in [-0.1, -0.05) is 35.6 Å². The lowest BCUT2D eigenvalue weighted by atomic mass is 10.1. The first-order chi connectivity index (χ1) is 11.5. The molecule has 0 aliphatic rings. The Morgan fingerprint density at radius 2 is 2.12 bits per heavy atom. The van der Waals surface area contributed by atoms with Gasteiger partial charge in [-0.05, 0) is 36.3 Å². The number of anilines is 1. The number of fused-ring (bicyclic) bond motifs is 1. The smallest absolute Gasteiger partial charge is 0.270 e. The van der Waals surface area contributed by atoms with Crippen LogP contribution in [0.5, 0.6) is 0 Å². The quantitative estimate of drug-likeness (QED) is 0.417. The maximum absolute atomic E-state index is 10.8. The molecule has 0 aliphatic carbocycles. The van der Waals surface area contributed by atoms with E-state index in [4.69, 9.17) is 12.2 Å². The van der Waals surface area contributed by atoms with Crippen LogP contribution in [-0.4, -0.2) is 15.0 Å². The minimum Gasteiger partial charge on any atom is -0.358 e. The fourth-order valence-electron chi connectivity index (χ4n) is 2.21. The van der Waals surface area contributed by atoms with Crippen molar-refractivity contribution in [3.05, 3.63) is 63.7 Å². The van der Waals surface area contributed by atoms with E-state index in [1.807, 2.05) is 31.2 Å². The molecule has 0 fully saturated rings. The Bertz CT molecular complexity index is 923. The molecule has 0 radical (unpaired) electrons. The molecule has 0 saturated heterocycles. The molecule has 1 heterocycles. The molecule has 0 amide bonds. The van der Waals surface area contributed by atoms with Crippen molar-refractivity contribution in [2.75, 3.05) is 5.32 Å². The van der Waals surface area contributed by atoms with E-state index in [0.29, 0.717) is 22.3 Å². The summed E-state index contributed by atoms with van der Waals surface area (Å²) in [6.07, 6.45) is 0. The zero-order valence-corrected chi connectivity index (χ0v) is 14.4. The molecule has 1 aromatic heterocycles. The number of nitro groups is 1. The fourth-order valence-corrected chi connectivity index (χ4v) is 3.34. The lowest BCUT2D eigenvalue weighted by Crippen LogP contribution is -2.28. The number of aryl methyl sites for hydroxylation is 1. The Hall–Kier alpha value is -2.58. The van der Waals surface area contributed by atoms with E-state index in [0.717, 1.165) is 4.70 Å². The van der Waals surface area contributed by atoms with Gasteiger partial charge in [0.1, 0.15) is 0 Å². The third-order valence-corrected chi connectivity index (χ3v) is 4.68. The molecule has 2 N–H and O–H groups in total. The Labute approximate surface area is 147 Å². The van der Waals surface area contributed by atoms with E-state index in [1.54, 1.807) is 6.07 Å². The second-order valence-corrected chi connectivity index (χ2v) is 6.60. The topological polar surface area (TPSA) is 80.1 Å². The van der Waals surface area contributed by atoms with Crippen LogP contribution >= 0.6 is 23.6 Å². The second-order valence-electron chi connectivity index (χ2n) is 5.16. The lowest BCUT2D eigenvalue weighted by molar-refractivity contribution is -0.384. The summed E-state index contributed by atoms with van der Waals surface area (Å²) in [4.78, 5) is 14.8. The van der Waals surface area contributed by atoms with Gasteiger partial charge in [-0.2, -0.15) is 0 Å². The van der Waals surface area contributed by atoms with Gasteiger partial charge in [0.25, 0.3) is 5.69 Å². The third kappa shape index (κ3) is 3.66. The summed E-state index contributed by atoms with van der Waals surface area (Å²) in [5.41, 5.74) is 3.12. The van der Waals surface area contributed by atoms with Gasteiger partial charge in [0, 0.05) is 18.7 Å². The van der Waals surface area contributed by atoms with Crippen LogP contribution in [0.4, 0.5) is 10.8 Å². The van der Waals surface area contributed by atoms with E-state index >= 15 is 0 Å². The highest BCUT2D eigenvalue weighted by Gasteiger charge is 2.11. The molecule has 6 nitrogen and oxygen atoms in total. The van der Waals surface area contributed by atoms with Crippen molar-refractivity contribution in [2.24, 2.45) is 0 Å². The van der Waals surface area contributed by atoms with E-state index in [-0.39, 0.29) is 5.69 Å². The predicted octanol–water partition coefficient (Wildman–Crippen LogP) is 4.00. The molecule has 24 heavy (non-hydrogen) atoms. The number of aromatic nitrogens is 1. The third-order valence-electron chi connectivity index (χ3n) is 3.50. The zero-order valence-electron chi connectivity index (χ0n) is 12.8. The van der Waals surface area contributed by atoms with Crippen LogP contribution in [-0.2, 0) is 6.54 Å². The van der Waals surface area contributed by atoms with Crippen molar-refractivity contribution in [3.8, 4) is 0 Å². The standard InChI is InChI=1S/C16H14N4O2S2/c1-10-4-2-3-5-11(10)9-17-15(23)19-16-18-13-7-6-12(20(21)22)8-14(13)24-16/h2-8H,9H2,1H3,(H2,17,18,19,23). The van der Waals surface area contributed by atoms with Crippen LogP contribution < -0.4 is 10.6 Å². The van der Waals surface area contributed by atoms with Gasteiger partial charge >= 0.3 is 0 Å². The summed E-state index contributed by atoms with van der Waals surface area (Å²) in [5.74, 6) is 0. The van der Waals surface area contributed by atoms with Gasteiger partial charge in [0.2, 0.25) is 0 Å². The number of non-ortho nitro benzene ring substituents is 1. The maximum Gasteiger partial charge on any atom is 0.270 e. The minimum absolute atomic E-state index is 0.0537. The van der Waals surface area contributed by atoms with Crippen LogP contribution in [0.15, 0.2) is 42.5 Å². The van der Waals surface area contributed by atoms with Crippen molar-refractivity contribution in [2.45, 2.75) is 13.5 Å². The van der Waals surface area contributed by atoms with Gasteiger partial charge in [-0.25, -0.2) is 4.98 Å². The predicted molar refractivity (Wildman–Crippen MR) is 101 cm³/mol. The lowest BCUT2D eigenvalue weighted by Gasteiger charge is -2.10. The number of hydrogen-bond donors (Lipinski definition) is 2. The molecule has 2 aromatic carbocycles. The molecule has 0 bridgehead atoms. The van der Waals surface area contributed by atoms with E-state index in [9.17, 15) is 10.1 Å². The number of thiocarbonyl (C=S) groups is 1. The molecule has 0 spiro atoms. The number of nitro benzene ring substituents is 1. The van der Waals surface area contributed by atoms with Crippen LogP contribution in [0.2, 0.25) is 0 Å². The van der Waals surface area contributed by atoms with Gasteiger partial charge in [0.15, 0.2) is 10.2 Å². The average molecular weight is 358 g/mol. The molecule has 8 heteroatoms. The molecule has 122 valence electrons. The average Bonchev–Trinajstić information content (AvgIpc) is 2.95. The van der Waals surface area contributed by atoms with Crippen LogP contribution in [0, 0.1) is 17.0 Å². The van der Waals surface area contributed by atoms with Crippen molar-refractivity contribution in [1.82, 2.24) is 10.3 Å². The highest BCUT2D eigenvalue weighted by molar-refractivity contribution is 7.80. The van der Waals surface area contributed by atoms with E-state index in [2.05, 4.69) is 15.6 Å². The number of hydrogen-bond acceptors (Lipinski definition) is 5. The zero-order chi connectivity index (χ0) is 17.1. The number of nitrogens with one attached hydrogen (secondary N) is 2. The molecule has 0 aliphatic heterocycles. The first-order valence-electron chi connectivity index (χ1n) is 7.17. The van der Waals surface area contributed by atoms with Crippen LogP contribution in [0.1, 0.15) is 11.1 Å². The van der Waals surface area contributed by atoms with Crippen molar-refractivity contribution in [1.29, 1.82) is 0 Å². The SMILES string of the molecule is Cc1ccccc1CNC(=S)Nc1nc2ccc([N+](=O)[O-])cc2s1. The first kappa shape index (κ1) is 16.3. The molecule has 0 atom stereocenters.